The van der Waals surface area contributed by atoms with Gasteiger partial charge in [-0.3, -0.25) is 57.7 Å². The van der Waals surface area contributed by atoms with Gasteiger partial charge in [0, 0.05) is 67.8 Å². The quantitative estimate of drug-likeness (QED) is 0.0129. The van der Waals surface area contributed by atoms with E-state index in [1.807, 2.05) is 0 Å². The number of aliphatic hydroxyl groups is 1. The van der Waals surface area contributed by atoms with Crippen LogP contribution in [0.3, 0.4) is 0 Å². The van der Waals surface area contributed by atoms with E-state index in [1.54, 1.807) is 44.3 Å². The Labute approximate surface area is 488 Å². The molecule has 2 aromatic carbocycles. The summed E-state index contributed by atoms with van der Waals surface area (Å²) in [6.07, 6.45) is 5.24. The normalized spacial score (nSPS) is 16.8. The molecule has 8 atom stereocenters. The molecule has 0 aliphatic carbocycles. The summed E-state index contributed by atoms with van der Waals surface area (Å²) < 4.78 is 0. The maximum atomic E-state index is 14.4. The van der Waals surface area contributed by atoms with Crippen LogP contribution in [0.1, 0.15) is 75.6 Å². The average Bonchev–Trinajstić information content (AvgIpc) is 4.32. The number of aromatic hydroxyl groups is 1. The van der Waals surface area contributed by atoms with Crippen LogP contribution in [0.5, 0.6) is 5.75 Å². The number of imidazole rings is 1. The first kappa shape index (κ1) is 64.6. The zero-order valence-corrected chi connectivity index (χ0v) is 47.1. The highest BCUT2D eigenvalue weighted by Gasteiger charge is 2.39. The Balaban J connectivity index is 1.16. The van der Waals surface area contributed by atoms with E-state index in [0.29, 0.717) is 34.1 Å². The van der Waals surface area contributed by atoms with Crippen LogP contribution in [-0.4, -0.2) is 182 Å². The fraction of sp³-hybridized carbons (Fsp3) is 0.473. The van der Waals surface area contributed by atoms with Gasteiger partial charge in [0.05, 0.1) is 26.0 Å². The average molecular weight is 1180 g/mol. The number of fused-ring (bicyclic) bond motifs is 1. The van der Waals surface area contributed by atoms with Crippen molar-refractivity contribution in [1.29, 1.82) is 0 Å². The molecule has 30 heteroatoms. The second-order valence-corrected chi connectivity index (χ2v) is 21.2. The Kier molecular flexibility index (Phi) is 23.7. The van der Waals surface area contributed by atoms with E-state index in [9.17, 15) is 63.0 Å². The van der Waals surface area contributed by atoms with Crippen molar-refractivity contribution in [3.63, 3.8) is 0 Å². The fourth-order valence-corrected chi connectivity index (χ4v) is 9.79. The number of aliphatic hydroxyl groups excluding tert-OH is 1. The number of guanidine groups is 1. The molecule has 4 aromatic rings. The number of aromatic nitrogens is 3. The smallest absolute Gasteiger partial charge is 0.245 e. The zero-order chi connectivity index (χ0) is 61.7. The van der Waals surface area contributed by atoms with Gasteiger partial charge < -0.3 is 90.1 Å². The molecule has 0 spiro atoms. The van der Waals surface area contributed by atoms with Gasteiger partial charge in [-0.25, -0.2) is 4.98 Å². The SMILES string of the molecule is CC(C)C[C@H](NC(=O)CNC(=O)[C@H](Cc1ccc(O)cc1)NC(=O)[C@@H](CO)NC(=O)[C@H](Cc1c[nH]c2ccccc12)NC(=O)[C@H](Cc1cnc[nH]1)NC(=O)[C@@H]1CCC(=O)N1)C(=O)N[C@@H](CCCN=C(N)N)C(=O)N1CCC[C@H]1C(=O)NCC(N)=O. The molecule has 0 radical (unpaired) electrons. The minimum atomic E-state index is -1.76. The first-order valence-electron chi connectivity index (χ1n) is 27.8. The highest BCUT2D eigenvalue weighted by atomic mass is 16.3. The van der Waals surface area contributed by atoms with Crippen LogP contribution in [-0.2, 0) is 72.0 Å². The van der Waals surface area contributed by atoms with Crippen LogP contribution in [0, 0.1) is 5.92 Å². The third kappa shape index (κ3) is 19.5. The van der Waals surface area contributed by atoms with Gasteiger partial charge in [-0.15, -0.1) is 0 Å². The minimum Gasteiger partial charge on any atom is -0.508 e. The largest absolute Gasteiger partial charge is 0.508 e. The number of carbonyl (C=O) groups excluding carboxylic acids is 11. The molecule has 19 N–H and O–H groups in total. The maximum absolute atomic E-state index is 14.4. The summed E-state index contributed by atoms with van der Waals surface area (Å²) >= 11 is 0. The number of aliphatic imine (C=N–C) groups is 1. The summed E-state index contributed by atoms with van der Waals surface area (Å²) in [7, 11) is 0. The molecule has 0 saturated carbocycles. The number of primary amides is 1. The highest BCUT2D eigenvalue weighted by molar-refractivity contribution is 5.99. The number of amides is 11. The minimum absolute atomic E-state index is 0.0156. The van der Waals surface area contributed by atoms with E-state index in [-0.39, 0.29) is 94.4 Å². The predicted octanol–water partition coefficient (Wildman–Crippen LogP) is -4.39. The van der Waals surface area contributed by atoms with Crippen LogP contribution >= 0.6 is 0 Å². The third-order valence-electron chi connectivity index (χ3n) is 14.1. The first-order valence-corrected chi connectivity index (χ1v) is 27.8. The number of likely N-dealkylation sites (tertiary alicyclic amines) is 1. The van der Waals surface area contributed by atoms with Gasteiger partial charge in [-0.2, -0.15) is 0 Å². The van der Waals surface area contributed by atoms with Gasteiger partial charge in [-0.1, -0.05) is 44.2 Å². The molecule has 2 aliphatic rings. The number of nitrogens with two attached hydrogens (primary N) is 3. The van der Waals surface area contributed by atoms with E-state index in [4.69, 9.17) is 17.2 Å². The third-order valence-corrected chi connectivity index (χ3v) is 14.1. The molecule has 30 nitrogen and oxygen atoms in total. The van der Waals surface area contributed by atoms with Gasteiger partial charge in [-0.05, 0) is 73.8 Å². The summed E-state index contributed by atoms with van der Waals surface area (Å²) in [5.74, 6) is -8.86. The fourth-order valence-electron chi connectivity index (χ4n) is 9.79. The molecule has 11 amide bonds. The Hall–Kier alpha value is -9.61. The lowest BCUT2D eigenvalue weighted by Gasteiger charge is -2.30. The number of phenols is 1. The number of rotatable bonds is 31. The van der Waals surface area contributed by atoms with Crippen molar-refractivity contribution in [1.82, 2.24) is 67.7 Å². The van der Waals surface area contributed by atoms with Crippen molar-refractivity contribution in [2.24, 2.45) is 28.1 Å². The number of nitrogens with one attached hydrogen (secondary N) is 11. The number of hydrogen-bond donors (Lipinski definition) is 16. The number of benzene rings is 2. The molecular formula is C55H75N17O13. The van der Waals surface area contributed by atoms with Crippen molar-refractivity contribution in [2.45, 2.75) is 126 Å². The zero-order valence-electron chi connectivity index (χ0n) is 47.1. The van der Waals surface area contributed by atoms with E-state index >= 15 is 0 Å². The van der Waals surface area contributed by atoms with Crippen LogP contribution in [0.2, 0.25) is 0 Å². The second-order valence-electron chi connectivity index (χ2n) is 21.2. The molecular weight excluding hydrogens is 1110 g/mol. The van der Waals surface area contributed by atoms with Crippen LogP contribution in [0.4, 0.5) is 0 Å². The van der Waals surface area contributed by atoms with E-state index < -0.39 is 127 Å². The monoisotopic (exact) mass is 1180 g/mol. The molecule has 4 heterocycles. The lowest BCUT2D eigenvalue weighted by molar-refractivity contribution is -0.142. The number of carbonyl (C=O) groups is 11. The Bertz CT molecular complexity index is 3060. The summed E-state index contributed by atoms with van der Waals surface area (Å²) in [5, 5.41) is 44.5. The highest BCUT2D eigenvalue weighted by Crippen LogP contribution is 2.22. The van der Waals surface area contributed by atoms with Crippen LogP contribution in [0.15, 0.2) is 72.2 Å². The maximum Gasteiger partial charge on any atom is 0.245 e. The standard InChI is InChI=1S/C55H75N17O13/c1-29(2)19-38(49(80)67-37(9-5-17-60-55(57)58)54(85)72-18-6-10-43(72)53(84)62-25-44(56)75)66-46(77)26-63-47(78)39(20-30-11-13-33(74)14-12-30)68-52(83)42(27-73)71-50(81)40(21-31-23-61-35-8-4-3-7-34(31)35)69-51(82)41(22-32-24-59-28-64-32)70-48(79)36-15-16-45(76)65-36/h3-4,7-8,11-14,23-24,28-29,36-43,61,73-74H,5-6,9-10,15-22,25-27H2,1-2H3,(H2,56,75)(H,59,64)(H,62,84)(H,63,78)(H,65,76)(H,66,77)(H,67,80)(H,68,83)(H,69,82)(H,70,79)(H,71,81)(H4,57,58,60)/t36-,37-,38-,39-,40-,41-,42+,43-/m0/s1. The number of phenolic OH excluding ortho intramolecular Hbond substituents is 1. The lowest BCUT2D eigenvalue weighted by atomic mass is 10.0. The number of nitrogens with zero attached hydrogens (tertiary/aromatic N) is 3. The Morgan fingerprint density at radius 3 is 2.04 bits per heavy atom. The predicted molar refractivity (Wildman–Crippen MR) is 305 cm³/mol. The van der Waals surface area contributed by atoms with E-state index in [2.05, 4.69) is 67.8 Å². The molecule has 2 aliphatic heterocycles. The van der Waals surface area contributed by atoms with Crippen molar-refractivity contribution < 1.29 is 63.0 Å². The summed E-state index contributed by atoms with van der Waals surface area (Å²) in [6.45, 7) is 1.62. The van der Waals surface area contributed by atoms with E-state index in [1.165, 1.54) is 41.7 Å². The van der Waals surface area contributed by atoms with Crippen molar-refractivity contribution in [2.75, 3.05) is 32.8 Å². The summed E-state index contributed by atoms with van der Waals surface area (Å²) in [6, 6.07) is 2.37. The number of para-hydroxylation sites is 1. The second kappa shape index (κ2) is 31.2. The van der Waals surface area contributed by atoms with Gasteiger partial charge in [0.1, 0.15) is 54.1 Å². The molecule has 0 bridgehead atoms. The van der Waals surface area contributed by atoms with Crippen molar-refractivity contribution in [3.8, 4) is 5.75 Å². The molecule has 458 valence electrons. The lowest BCUT2D eigenvalue weighted by Crippen LogP contribution is -2.60. The molecule has 2 aromatic heterocycles. The summed E-state index contributed by atoms with van der Waals surface area (Å²) in [5.41, 5.74) is 18.3. The number of H-pyrrole nitrogens is 2. The van der Waals surface area contributed by atoms with Crippen LogP contribution in [0.25, 0.3) is 10.9 Å². The Morgan fingerprint density at radius 2 is 1.39 bits per heavy atom. The molecule has 2 saturated heterocycles. The molecule has 6 rings (SSSR count). The number of aromatic amines is 2. The van der Waals surface area contributed by atoms with Crippen LogP contribution < -0.4 is 65.1 Å². The number of hydrogen-bond acceptors (Lipinski definition) is 15. The van der Waals surface area contributed by atoms with Gasteiger partial charge in [0.25, 0.3) is 0 Å². The van der Waals surface area contributed by atoms with Crippen molar-refractivity contribution in [3.05, 3.63) is 84.1 Å². The van der Waals surface area contributed by atoms with Crippen molar-refractivity contribution >= 4 is 81.8 Å². The molecule has 2 fully saturated rings. The van der Waals surface area contributed by atoms with Gasteiger partial charge in [0.2, 0.25) is 65.0 Å². The van der Waals surface area contributed by atoms with E-state index in [0.717, 1.165) is 0 Å². The summed E-state index contributed by atoms with van der Waals surface area (Å²) in [4.78, 5) is 164. The topological polar surface area (TPSA) is 475 Å². The Morgan fingerprint density at radius 1 is 0.729 bits per heavy atom. The first-order chi connectivity index (χ1) is 40.6. The molecule has 0 unspecified atom stereocenters. The van der Waals surface area contributed by atoms with Gasteiger partial charge in [0.15, 0.2) is 5.96 Å². The molecule has 85 heavy (non-hydrogen) atoms. The van der Waals surface area contributed by atoms with Gasteiger partial charge >= 0.3 is 0 Å².